The fraction of sp³-hybridized carbons (Fsp3) is 0.556. The second kappa shape index (κ2) is 13.3. The van der Waals surface area contributed by atoms with Gasteiger partial charge < -0.3 is 10.0 Å². The third kappa shape index (κ3) is 7.80. The van der Waals surface area contributed by atoms with Gasteiger partial charge in [-0.1, -0.05) is 62.7 Å². The Kier molecular flexibility index (Phi) is 9.80. The van der Waals surface area contributed by atoms with E-state index >= 15 is 0 Å². The van der Waals surface area contributed by atoms with E-state index in [0.29, 0.717) is 18.3 Å². The first-order chi connectivity index (χ1) is 21.2. The van der Waals surface area contributed by atoms with E-state index < -0.39 is 23.8 Å². The van der Waals surface area contributed by atoms with Crippen LogP contribution in [-0.4, -0.2) is 69.4 Å². The van der Waals surface area contributed by atoms with Crippen molar-refractivity contribution in [2.24, 2.45) is 11.3 Å². The van der Waals surface area contributed by atoms with Crippen LogP contribution in [0.4, 0.5) is 13.2 Å². The van der Waals surface area contributed by atoms with Crippen molar-refractivity contribution in [3.63, 3.8) is 0 Å². The molecule has 0 unspecified atom stereocenters. The van der Waals surface area contributed by atoms with Crippen LogP contribution in [0.15, 0.2) is 54.6 Å². The van der Waals surface area contributed by atoms with Crippen LogP contribution in [-0.2, 0) is 23.9 Å². The lowest BCUT2D eigenvalue weighted by atomic mass is 9.85. The van der Waals surface area contributed by atoms with Gasteiger partial charge in [-0.3, -0.25) is 14.4 Å². The Bertz CT molecular complexity index is 1450. The molecule has 3 atom stereocenters. The monoisotopic (exact) mass is 624 g/mol. The maximum absolute atomic E-state index is 13.0. The average molecular weight is 625 g/mol. The van der Waals surface area contributed by atoms with Crippen molar-refractivity contribution in [2.75, 3.05) is 32.7 Å². The Hall–Kier alpha value is -3.17. The summed E-state index contributed by atoms with van der Waals surface area (Å²) >= 11 is 0. The molecule has 0 spiro atoms. The molecule has 244 valence electrons. The lowest BCUT2D eigenvalue weighted by Gasteiger charge is -2.36. The van der Waals surface area contributed by atoms with Crippen molar-refractivity contribution >= 4 is 5.97 Å². The predicted molar refractivity (Wildman–Crippen MR) is 170 cm³/mol. The highest BCUT2D eigenvalue weighted by atomic mass is 19.4. The summed E-state index contributed by atoms with van der Waals surface area (Å²) in [6.07, 6.45) is -1.81. The fourth-order valence-corrected chi connectivity index (χ4v) is 7.57. The summed E-state index contributed by atoms with van der Waals surface area (Å²) in [7, 11) is 0. The van der Waals surface area contributed by atoms with Crippen molar-refractivity contribution in [2.45, 2.75) is 84.5 Å². The molecule has 1 aromatic heterocycles. The van der Waals surface area contributed by atoms with E-state index in [1.165, 1.54) is 16.8 Å². The van der Waals surface area contributed by atoms with E-state index in [-0.39, 0.29) is 11.3 Å². The third-order valence-corrected chi connectivity index (χ3v) is 9.69. The summed E-state index contributed by atoms with van der Waals surface area (Å²) < 4.78 is 41.0. The maximum Gasteiger partial charge on any atom is 0.416 e. The number of piperidine rings is 1. The Morgan fingerprint density at radius 1 is 1.02 bits per heavy atom. The molecule has 3 aromatic rings. The molecule has 0 amide bonds. The summed E-state index contributed by atoms with van der Waals surface area (Å²) in [6.45, 7) is 15.4. The predicted octanol–water partition coefficient (Wildman–Crippen LogP) is 7.22. The lowest BCUT2D eigenvalue weighted by molar-refractivity contribution is -0.147. The van der Waals surface area contributed by atoms with Gasteiger partial charge in [0.15, 0.2) is 0 Å². The van der Waals surface area contributed by atoms with E-state index in [1.807, 2.05) is 20.8 Å². The number of aliphatic carboxylic acids is 1. The van der Waals surface area contributed by atoms with Gasteiger partial charge >= 0.3 is 12.1 Å². The number of alkyl halides is 3. The zero-order valence-electron chi connectivity index (χ0n) is 27.1. The first-order valence-electron chi connectivity index (χ1n) is 16.2. The van der Waals surface area contributed by atoms with Crippen molar-refractivity contribution in [3.8, 4) is 0 Å². The summed E-state index contributed by atoms with van der Waals surface area (Å²) in [5, 5.41) is 15.0. The molecule has 3 heterocycles. The number of aromatic nitrogens is 2. The number of carboxylic acid groups (broad SMARTS) is 1. The second-order valence-electron chi connectivity index (χ2n) is 14.2. The van der Waals surface area contributed by atoms with Gasteiger partial charge in [0.05, 0.1) is 11.3 Å². The van der Waals surface area contributed by atoms with Crippen LogP contribution >= 0.6 is 0 Å². The van der Waals surface area contributed by atoms with Crippen molar-refractivity contribution < 1.29 is 23.1 Å². The summed E-state index contributed by atoms with van der Waals surface area (Å²) in [6, 6.07) is 15.6. The van der Waals surface area contributed by atoms with Gasteiger partial charge in [0, 0.05) is 50.1 Å². The highest BCUT2D eigenvalue weighted by Crippen LogP contribution is 2.39. The molecular formula is C36H47F3N4O2. The first kappa shape index (κ1) is 33.2. The third-order valence-electron chi connectivity index (χ3n) is 9.69. The number of nitrogens with zero attached hydrogens (tertiary/aromatic N) is 4. The molecule has 0 saturated carbocycles. The van der Waals surface area contributed by atoms with E-state index in [1.54, 1.807) is 12.1 Å². The van der Waals surface area contributed by atoms with Gasteiger partial charge in [-0.05, 0) is 80.4 Å². The smallest absolute Gasteiger partial charge is 0.416 e. The van der Waals surface area contributed by atoms with Crippen molar-refractivity contribution in [1.82, 2.24) is 19.6 Å². The minimum absolute atomic E-state index is 0.279. The molecule has 2 aliphatic heterocycles. The van der Waals surface area contributed by atoms with E-state index in [4.69, 9.17) is 5.10 Å². The fourth-order valence-electron chi connectivity index (χ4n) is 7.57. The number of carbonyl (C=O) groups is 1. The SMILES string of the molecule is CCn1nc(Cc2ccc(C(F)(F)F)cc2)cc1C1CCN(C[C@H]2CN([C@@H](C(=O)O)C(C)(C)C)C[C@@H]2c2cccc(C)c2)CC1. The molecule has 0 bridgehead atoms. The Balaban J connectivity index is 1.25. The van der Waals surface area contributed by atoms with Gasteiger partial charge in [0.25, 0.3) is 0 Å². The highest BCUT2D eigenvalue weighted by Gasteiger charge is 2.44. The lowest BCUT2D eigenvalue weighted by Crippen LogP contribution is -2.48. The molecule has 1 N–H and O–H groups in total. The molecule has 0 aliphatic carbocycles. The van der Waals surface area contributed by atoms with Gasteiger partial charge in [0.2, 0.25) is 0 Å². The average Bonchev–Trinajstić information content (AvgIpc) is 3.56. The van der Waals surface area contributed by atoms with Crippen LogP contribution in [0.25, 0.3) is 0 Å². The Morgan fingerprint density at radius 2 is 1.71 bits per heavy atom. The number of carboxylic acids is 1. The normalized spacial score (nSPS) is 21.3. The molecule has 5 rings (SSSR count). The van der Waals surface area contributed by atoms with Crippen LogP contribution in [0.5, 0.6) is 0 Å². The van der Waals surface area contributed by atoms with Crippen LogP contribution in [0.1, 0.15) is 86.0 Å². The molecular weight excluding hydrogens is 577 g/mol. The Morgan fingerprint density at radius 3 is 2.29 bits per heavy atom. The number of hydrogen-bond acceptors (Lipinski definition) is 4. The number of benzene rings is 2. The minimum atomic E-state index is -4.34. The number of hydrogen-bond donors (Lipinski definition) is 1. The molecule has 2 aliphatic rings. The topological polar surface area (TPSA) is 61.6 Å². The van der Waals surface area contributed by atoms with Gasteiger partial charge in [-0.2, -0.15) is 18.3 Å². The van der Waals surface area contributed by atoms with Gasteiger partial charge in [0.1, 0.15) is 6.04 Å². The zero-order chi connectivity index (χ0) is 32.5. The maximum atomic E-state index is 13.0. The van der Waals surface area contributed by atoms with Crippen molar-refractivity contribution in [1.29, 1.82) is 0 Å². The number of aryl methyl sites for hydroxylation is 2. The number of halogens is 3. The number of rotatable bonds is 9. The van der Waals surface area contributed by atoms with Crippen LogP contribution in [0, 0.1) is 18.3 Å². The largest absolute Gasteiger partial charge is 0.480 e. The molecule has 2 saturated heterocycles. The Labute approximate surface area is 265 Å². The minimum Gasteiger partial charge on any atom is -0.480 e. The second-order valence-corrected chi connectivity index (χ2v) is 14.2. The van der Waals surface area contributed by atoms with Crippen molar-refractivity contribution in [3.05, 3.63) is 88.2 Å². The standard InChI is InChI=1S/C36H47F3N4O2/c1-6-43-32(20-30(40-43)19-25-10-12-29(13-11-25)36(37,38)39)26-14-16-41(17-15-26)21-28-22-42(33(34(44)45)35(3,4)5)23-31(28)27-9-7-8-24(2)18-27/h7-13,18,20,26,28,31,33H,6,14-17,19,21-23H2,1-5H3,(H,44,45)/t28-,31+,33-/m0/s1. The summed E-state index contributed by atoms with van der Waals surface area (Å²) in [5.41, 5.74) is 4.42. The van der Waals surface area contributed by atoms with E-state index in [0.717, 1.165) is 75.5 Å². The molecule has 6 nitrogen and oxygen atoms in total. The summed E-state index contributed by atoms with van der Waals surface area (Å²) in [5.74, 6) is 0.238. The number of likely N-dealkylation sites (tertiary alicyclic amines) is 2. The first-order valence-corrected chi connectivity index (χ1v) is 16.2. The van der Waals surface area contributed by atoms with E-state index in [9.17, 15) is 23.1 Å². The zero-order valence-corrected chi connectivity index (χ0v) is 27.1. The molecule has 45 heavy (non-hydrogen) atoms. The van der Waals surface area contributed by atoms with Gasteiger partial charge in [-0.25, -0.2) is 0 Å². The molecule has 0 radical (unpaired) electrons. The molecule has 9 heteroatoms. The molecule has 2 fully saturated rings. The molecule has 2 aromatic carbocycles. The van der Waals surface area contributed by atoms with E-state index in [2.05, 4.69) is 58.7 Å². The van der Waals surface area contributed by atoms with Crippen LogP contribution in [0.3, 0.4) is 0 Å². The van der Waals surface area contributed by atoms with Crippen LogP contribution in [0.2, 0.25) is 0 Å². The van der Waals surface area contributed by atoms with Crippen LogP contribution < -0.4 is 0 Å². The quantitative estimate of drug-likeness (QED) is 0.273. The summed E-state index contributed by atoms with van der Waals surface area (Å²) in [4.78, 5) is 17.2. The van der Waals surface area contributed by atoms with Gasteiger partial charge in [-0.15, -0.1) is 0 Å². The highest BCUT2D eigenvalue weighted by molar-refractivity contribution is 5.74.